The predicted octanol–water partition coefficient (Wildman–Crippen LogP) is 2.76. The molecule has 0 aliphatic carbocycles. The molecule has 1 saturated heterocycles. The summed E-state index contributed by atoms with van der Waals surface area (Å²) in [6, 6.07) is 10.7. The molecule has 1 aromatic carbocycles. The standard InChI is InChI=1S/C18H26N2O/c1-2-3-11-16-13-17(14-19)20(18(16)21)12-7-10-15-8-5-4-6-9-15/h2,4-6,8-9,16-17H,1,3,7,10-14,19H2/t16-,17+/m1/s1. The number of benzene rings is 1. The number of aryl methyl sites for hydroxylation is 1. The highest BCUT2D eigenvalue weighted by atomic mass is 16.2. The van der Waals surface area contributed by atoms with Crippen molar-refractivity contribution < 1.29 is 4.79 Å². The number of nitrogens with zero attached hydrogens (tertiary/aromatic N) is 1. The molecule has 2 rings (SSSR count). The minimum absolute atomic E-state index is 0.147. The van der Waals surface area contributed by atoms with Gasteiger partial charge in [0.25, 0.3) is 0 Å². The number of likely N-dealkylation sites (tertiary alicyclic amines) is 1. The second-order valence-corrected chi connectivity index (χ2v) is 5.81. The second-order valence-electron chi connectivity index (χ2n) is 5.81. The van der Waals surface area contributed by atoms with Crippen molar-refractivity contribution >= 4 is 5.91 Å². The zero-order valence-electron chi connectivity index (χ0n) is 12.7. The Hall–Kier alpha value is -1.61. The lowest BCUT2D eigenvalue weighted by Crippen LogP contribution is -2.39. The van der Waals surface area contributed by atoms with Crippen LogP contribution in [0.1, 0.15) is 31.2 Å². The van der Waals surface area contributed by atoms with Crippen LogP contribution in [0.3, 0.4) is 0 Å². The summed E-state index contributed by atoms with van der Waals surface area (Å²) in [5.74, 6) is 0.439. The third-order valence-electron chi connectivity index (χ3n) is 4.33. The molecule has 0 radical (unpaired) electrons. The van der Waals surface area contributed by atoms with Gasteiger partial charge in [0.1, 0.15) is 0 Å². The van der Waals surface area contributed by atoms with Crippen molar-refractivity contribution in [2.24, 2.45) is 11.7 Å². The third kappa shape index (κ3) is 4.18. The van der Waals surface area contributed by atoms with Crippen molar-refractivity contribution in [1.82, 2.24) is 4.90 Å². The largest absolute Gasteiger partial charge is 0.338 e. The van der Waals surface area contributed by atoms with E-state index in [2.05, 4.69) is 30.8 Å². The van der Waals surface area contributed by atoms with Gasteiger partial charge in [0.05, 0.1) is 0 Å². The van der Waals surface area contributed by atoms with E-state index in [0.29, 0.717) is 12.5 Å². The van der Waals surface area contributed by atoms with E-state index in [-0.39, 0.29) is 12.0 Å². The van der Waals surface area contributed by atoms with Gasteiger partial charge in [-0.1, -0.05) is 36.4 Å². The van der Waals surface area contributed by atoms with Gasteiger partial charge in [-0.05, 0) is 37.7 Å². The van der Waals surface area contributed by atoms with E-state index >= 15 is 0 Å². The topological polar surface area (TPSA) is 46.3 Å². The molecular weight excluding hydrogens is 260 g/mol. The van der Waals surface area contributed by atoms with Crippen LogP contribution >= 0.6 is 0 Å². The highest BCUT2D eigenvalue weighted by Crippen LogP contribution is 2.28. The van der Waals surface area contributed by atoms with Gasteiger partial charge in [-0.2, -0.15) is 0 Å². The summed E-state index contributed by atoms with van der Waals surface area (Å²) in [6.07, 6.45) is 6.64. The van der Waals surface area contributed by atoms with Gasteiger partial charge >= 0.3 is 0 Å². The Morgan fingerprint density at radius 1 is 1.33 bits per heavy atom. The lowest BCUT2D eigenvalue weighted by atomic mass is 9.99. The van der Waals surface area contributed by atoms with E-state index < -0.39 is 0 Å². The normalized spacial score (nSPS) is 21.8. The summed E-state index contributed by atoms with van der Waals surface area (Å²) >= 11 is 0. The Labute approximate surface area is 127 Å². The van der Waals surface area contributed by atoms with Gasteiger partial charge in [0.15, 0.2) is 0 Å². The monoisotopic (exact) mass is 286 g/mol. The Morgan fingerprint density at radius 2 is 2.10 bits per heavy atom. The average Bonchev–Trinajstić information content (AvgIpc) is 2.82. The molecule has 114 valence electrons. The molecule has 1 aromatic rings. The number of allylic oxidation sites excluding steroid dienone is 1. The lowest BCUT2D eigenvalue weighted by Gasteiger charge is -2.23. The van der Waals surface area contributed by atoms with Gasteiger partial charge in [0.2, 0.25) is 5.91 Å². The van der Waals surface area contributed by atoms with Crippen LogP contribution in [-0.2, 0) is 11.2 Å². The van der Waals surface area contributed by atoms with Crippen LogP contribution in [0.2, 0.25) is 0 Å². The fourth-order valence-corrected chi connectivity index (χ4v) is 3.15. The zero-order valence-corrected chi connectivity index (χ0v) is 12.7. The molecule has 21 heavy (non-hydrogen) atoms. The smallest absolute Gasteiger partial charge is 0.226 e. The Bertz CT molecular complexity index is 458. The van der Waals surface area contributed by atoms with Gasteiger partial charge in [-0.3, -0.25) is 4.79 Å². The molecule has 2 atom stereocenters. The quantitative estimate of drug-likeness (QED) is 0.747. The molecule has 0 unspecified atom stereocenters. The van der Waals surface area contributed by atoms with E-state index in [1.165, 1.54) is 5.56 Å². The molecular formula is C18H26N2O. The molecule has 1 heterocycles. The number of amides is 1. The molecule has 0 spiro atoms. The highest BCUT2D eigenvalue weighted by molar-refractivity contribution is 5.81. The molecule has 2 N–H and O–H groups in total. The fraction of sp³-hybridized carbons (Fsp3) is 0.500. The minimum atomic E-state index is 0.147. The second kappa shape index (κ2) is 7.99. The molecule has 1 fully saturated rings. The maximum absolute atomic E-state index is 12.5. The van der Waals surface area contributed by atoms with Crippen molar-refractivity contribution in [3.63, 3.8) is 0 Å². The number of hydrogen-bond donors (Lipinski definition) is 1. The minimum Gasteiger partial charge on any atom is -0.338 e. The van der Waals surface area contributed by atoms with E-state index in [0.717, 1.165) is 38.6 Å². The van der Waals surface area contributed by atoms with Crippen LogP contribution in [0.15, 0.2) is 43.0 Å². The van der Waals surface area contributed by atoms with Crippen molar-refractivity contribution in [3.8, 4) is 0 Å². The van der Waals surface area contributed by atoms with Gasteiger partial charge in [-0.15, -0.1) is 6.58 Å². The average molecular weight is 286 g/mol. The first-order valence-corrected chi connectivity index (χ1v) is 7.91. The summed E-state index contributed by atoms with van der Waals surface area (Å²) in [5.41, 5.74) is 7.18. The Morgan fingerprint density at radius 3 is 2.76 bits per heavy atom. The van der Waals surface area contributed by atoms with Crippen LogP contribution in [0.25, 0.3) is 0 Å². The van der Waals surface area contributed by atoms with Crippen molar-refractivity contribution in [2.45, 2.75) is 38.1 Å². The molecule has 1 aliphatic rings. The first-order chi connectivity index (χ1) is 10.3. The fourth-order valence-electron chi connectivity index (χ4n) is 3.15. The first-order valence-electron chi connectivity index (χ1n) is 7.91. The van der Waals surface area contributed by atoms with Crippen LogP contribution in [0.5, 0.6) is 0 Å². The van der Waals surface area contributed by atoms with E-state index in [9.17, 15) is 4.79 Å². The first kappa shape index (κ1) is 15.8. The third-order valence-corrected chi connectivity index (χ3v) is 4.33. The number of rotatable bonds is 8. The number of carbonyl (C=O) groups excluding carboxylic acids is 1. The lowest BCUT2D eigenvalue weighted by molar-refractivity contribution is -0.132. The van der Waals surface area contributed by atoms with Crippen LogP contribution < -0.4 is 5.73 Å². The molecule has 0 saturated carbocycles. The molecule has 0 aromatic heterocycles. The Balaban J connectivity index is 1.85. The molecule has 1 amide bonds. The van der Waals surface area contributed by atoms with Crippen LogP contribution in [-0.4, -0.2) is 29.9 Å². The summed E-state index contributed by atoms with van der Waals surface area (Å²) in [5, 5.41) is 0. The van der Waals surface area contributed by atoms with Gasteiger partial charge in [0, 0.05) is 25.0 Å². The van der Waals surface area contributed by atoms with Crippen LogP contribution in [0.4, 0.5) is 0 Å². The van der Waals surface area contributed by atoms with Crippen LogP contribution in [0, 0.1) is 5.92 Å². The predicted molar refractivity (Wildman–Crippen MR) is 86.9 cm³/mol. The van der Waals surface area contributed by atoms with Crippen molar-refractivity contribution in [3.05, 3.63) is 48.6 Å². The molecule has 1 aliphatic heterocycles. The highest BCUT2D eigenvalue weighted by Gasteiger charge is 2.37. The van der Waals surface area contributed by atoms with E-state index in [4.69, 9.17) is 5.73 Å². The summed E-state index contributed by atoms with van der Waals surface area (Å²) in [4.78, 5) is 14.5. The Kier molecular flexibility index (Phi) is 6.00. The van der Waals surface area contributed by atoms with Gasteiger partial charge in [-0.25, -0.2) is 0 Å². The van der Waals surface area contributed by atoms with Gasteiger partial charge < -0.3 is 10.6 Å². The van der Waals surface area contributed by atoms with E-state index in [1.807, 2.05) is 17.0 Å². The number of carbonyl (C=O) groups is 1. The molecule has 3 heteroatoms. The number of hydrogen-bond acceptors (Lipinski definition) is 2. The summed E-state index contributed by atoms with van der Waals surface area (Å²) in [7, 11) is 0. The summed E-state index contributed by atoms with van der Waals surface area (Å²) < 4.78 is 0. The maximum Gasteiger partial charge on any atom is 0.226 e. The molecule has 3 nitrogen and oxygen atoms in total. The van der Waals surface area contributed by atoms with Crippen molar-refractivity contribution in [1.29, 1.82) is 0 Å². The SMILES string of the molecule is C=CCC[C@@H]1C[C@@H](CN)N(CCCc2ccccc2)C1=O. The molecule has 0 bridgehead atoms. The summed E-state index contributed by atoms with van der Waals surface area (Å²) in [6.45, 7) is 5.13. The maximum atomic E-state index is 12.5. The zero-order chi connectivity index (χ0) is 15.1. The van der Waals surface area contributed by atoms with E-state index in [1.54, 1.807) is 0 Å². The number of nitrogens with two attached hydrogens (primary N) is 1. The van der Waals surface area contributed by atoms with Crippen molar-refractivity contribution in [2.75, 3.05) is 13.1 Å².